The van der Waals surface area contributed by atoms with Gasteiger partial charge in [-0.3, -0.25) is 4.79 Å². The molecule has 2 heterocycles. The van der Waals surface area contributed by atoms with Crippen molar-refractivity contribution >= 4 is 5.91 Å². The van der Waals surface area contributed by atoms with Gasteiger partial charge in [0.05, 0.1) is 19.1 Å². The zero-order valence-electron chi connectivity index (χ0n) is 9.00. The summed E-state index contributed by atoms with van der Waals surface area (Å²) in [4.78, 5) is 14.0. The van der Waals surface area contributed by atoms with Crippen LogP contribution >= 0.6 is 0 Å². The Hall–Kier alpha value is -0.870. The Labute approximate surface area is 90.3 Å². The molecule has 2 aliphatic rings. The maximum absolute atomic E-state index is 12.1. The normalized spacial score (nSPS) is 27.9. The monoisotopic (exact) mass is 210 g/mol. The van der Waals surface area contributed by atoms with Crippen molar-refractivity contribution in [2.24, 2.45) is 5.92 Å². The van der Waals surface area contributed by atoms with E-state index in [-0.39, 0.29) is 11.8 Å². The molecule has 4 nitrogen and oxygen atoms in total. The highest BCUT2D eigenvalue weighted by molar-refractivity contribution is 5.79. The van der Waals surface area contributed by atoms with Crippen molar-refractivity contribution < 1.29 is 9.53 Å². The second kappa shape index (κ2) is 4.77. The number of piperidine rings is 1. The number of hydrogen-bond acceptors (Lipinski definition) is 3. The number of carbonyl (C=O) groups is 1. The highest BCUT2D eigenvalue weighted by atomic mass is 16.5. The molecule has 0 aromatic rings. The smallest absolute Gasteiger partial charge is 0.227 e. The van der Waals surface area contributed by atoms with Crippen molar-refractivity contribution in [1.29, 1.82) is 0 Å². The fourth-order valence-electron chi connectivity index (χ4n) is 2.13. The summed E-state index contributed by atoms with van der Waals surface area (Å²) in [5, 5.41) is 3.23. The fraction of sp³-hybridized carbons (Fsp3) is 0.727. The Morgan fingerprint density at radius 2 is 2.20 bits per heavy atom. The first kappa shape index (κ1) is 10.6. The van der Waals surface area contributed by atoms with Crippen LogP contribution in [0.25, 0.3) is 0 Å². The zero-order valence-corrected chi connectivity index (χ0v) is 9.00. The number of rotatable bonds is 1. The van der Waals surface area contributed by atoms with Crippen molar-refractivity contribution in [3.63, 3.8) is 0 Å². The molecule has 0 aromatic heterocycles. The molecule has 0 radical (unpaired) electrons. The third-order valence-corrected chi connectivity index (χ3v) is 2.97. The molecule has 2 fully saturated rings. The Kier molecular flexibility index (Phi) is 3.38. The molecule has 2 aliphatic heterocycles. The Bertz CT molecular complexity index is 259. The van der Waals surface area contributed by atoms with Crippen LogP contribution in [0.5, 0.6) is 0 Å². The molecule has 1 atom stereocenters. The molecular weight excluding hydrogens is 192 g/mol. The number of carbonyl (C=O) groups excluding carboxylic acids is 1. The van der Waals surface area contributed by atoms with Crippen LogP contribution < -0.4 is 5.32 Å². The van der Waals surface area contributed by atoms with Gasteiger partial charge in [-0.05, 0) is 6.42 Å². The van der Waals surface area contributed by atoms with Gasteiger partial charge in [0, 0.05) is 26.2 Å². The van der Waals surface area contributed by atoms with E-state index in [0.29, 0.717) is 13.2 Å². The quantitative estimate of drug-likeness (QED) is 0.620. The van der Waals surface area contributed by atoms with Gasteiger partial charge in [0.15, 0.2) is 0 Å². The molecule has 0 aliphatic carbocycles. The van der Waals surface area contributed by atoms with E-state index in [2.05, 4.69) is 11.9 Å². The molecule has 0 spiro atoms. The molecule has 1 unspecified atom stereocenters. The lowest BCUT2D eigenvalue weighted by Gasteiger charge is -2.32. The molecule has 2 saturated heterocycles. The average molecular weight is 210 g/mol. The third-order valence-electron chi connectivity index (χ3n) is 2.97. The Morgan fingerprint density at radius 1 is 1.47 bits per heavy atom. The molecular formula is C11H18N2O2. The number of ether oxygens (including phenoxy) is 1. The molecule has 1 amide bonds. The summed E-state index contributed by atoms with van der Waals surface area (Å²) in [6, 6.07) is 0. The van der Waals surface area contributed by atoms with Crippen molar-refractivity contribution in [1.82, 2.24) is 10.2 Å². The van der Waals surface area contributed by atoms with E-state index >= 15 is 0 Å². The van der Waals surface area contributed by atoms with Crippen LogP contribution in [-0.4, -0.2) is 50.2 Å². The van der Waals surface area contributed by atoms with Crippen LogP contribution in [0.4, 0.5) is 0 Å². The summed E-state index contributed by atoms with van der Waals surface area (Å²) in [6.07, 6.45) is 0.836. The first-order valence-corrected chi connectivity index (χ1v) is 5.51. The predicted octanol–water partition coefficient (Wildman–Crippen LogP) is 0.0109. The van der Waals surface area contributed by atoms with E-state index in [1.807, 2.05) is 4.90 Å². The number of morpholine rings is 1. The lowest BCUT2D eigenvalue weighted by atomic mass is 9.95. The third kappa shape index (κ3) is 2.58. The summed E-state index contributed by atoms with van der Waals surface area (Å²) < 4.78 is 5.23. The van der Waals surface area contributed by atoms with Crippen molar-refractivity contribution in [3.8, 4) is 0 Å². The molecule has 0 saturated carbocycles. The summed E-state index contributed by atoms with van der Waals surface area (Å²) in [5.74, 6) is 0.344. The lowest BCUT2D eigenvalue weighted by Crippen LogP contribution is -2.47. The van der Waals surface area contributed by atoms with Gasteiger partial charge >= 0.3 is 0 Å². The van der Waals surface area contributed by atoms with Crippen LogP contribution in [0.2, 0.25) is 0 Å². The number of amides is 1. The minimum absolute atomic E-state index is 0.0874. The number of nitrogens with zero attached hydrogens (tertiary/aromatic N) is 1. The van der Waals surface area contributed by atoms with Crippen LogP contribution in [0, 0.1) is 5.92 Å². The number of nitrogens with one attached hydrogen (secondary N) is 1. The first-order valence-electron chi connectivity index (χ1n) is 5.51. The average Bonchev–Trinajstić information content (AvgIpc) is 2.29. The van der Waals surface area contributed by atoms with Crippen molar-refractivity contribution in [2.45, 2.75) is 6.42 Å². The minimum atomic E-state index is 0.0874. The molecule has 15 heavy (non-hydrogen) atoms. The van der Waals surface area contributed by atoms with E-state index in [4.69, 9.17) is 4.74 Å². The maximum atomic E-state index is 12.1. The van der Waals surface area contributed by atoms with Gasteiger partial charge in [0.1, 0.15) is 0 Å². The standard InChI is InChI=1S/C11H18N2O2/c1-9-6-10(8-12-7-9)11(14)13-2-4-15-5-3-13/h10,12H,1-8H2. The largest absolute Gasteiger partial charge is 0.378 e. The van der Waals surface area contributed by atoms with Crippen molar-refractivity contribution in [3.05, 3.63) is 12.2 Å². The summed E-state index contributed by atoms with van der Waals surface area (Å²) >= 11 is 0. The minimum Gasteiger partial charge on any atom is -0.378 e. The van der Waals surface area contributed by atoms with Gasteiger partial charge in [0.25, 0.3) is 0 Å². The summed E-state index contributed by atoms with van der Waals surface area (Å²) in [6.45, 7) is 8.40. The highest BCUT2D eigenvalue weighted by Gasteiger charge is 2.27. The van der Waals surface area contributed by atoms with E-state index in [0.717, 1.165) is 38.2 Å². The van der Waals surface area contributed by atoms with Gasteiger partial charge in [-0.25, -0.2) is 0 Å². The topological polar surface area (TPSA) is 41.6 Å². The predicted molar refractivity (Wildman–Crippen MR) is 57.5 cm³/mol. The second-order valence-corrected chi connectivity index (χ2v) is 4.22. The molecule has 84 valence electrons. The van der Waals surface area contributed by atoms with E-state index in [1.165, 1.54) is 0 Å². The molecule has 0 bridgehead atoms. The van der Waals surface area contributed by atoms with Crippen molar-refractivity contribution in [2.75, 3.05) is 39.4 Å². The molecule has 4 heteroatoms. The fourth-order valence-corrected chi connectivity index (χ4v) is 2.13. The van der Waals surface area contributed by atoms with Crippen LogP contribution in [0.15, 0.2) is 12.2 Å². The summed E-state index contributed by atoms with van der Waals surface area (Å²) in [5.41, 5.74) is 1.13. The van der Waals surface area contributed by atoms with Gasteiger partial charge in [-0.2, -0.15) is 0 Å². The van der Waals surface area contributed by atoms with Gasteiger partial charge in [-0.1, -0.05) is 12.2 Å². The van der Waals surface area contributed by atoms with Gasteiger partial charge < -0.3 is 15.0 Å². The van der Waals surface area contributed by atoms with E-state index in [9.17, 15) is 4.79 Å². The van der Waals surface area contributed by atoms with E-state index < -0.39 is 0 Å². The summed E-state index contributed by atoms with van der Waals surface area (Å²) in [7, 11) is 0. The Morgan fingerprint density at radius 3 is 2.87 bits per heavy atom. The Balaban J connectivity index is 1.90. The van der Waals surface area contributed by atoms with E-state index in [1.54, 1.807) is 0 Å². The zero-order chi connectivity index (χ0) is 10.7. The molecule has 1 N–H and O–H groups in total. The van der Waals surface area contributed by atoms with Gasteiger partial charge in [-0.15, -0.1) is 0 Å². The molecule has 2 rings (SSSR count). The molecule has 0 aromatic carbocycles. The number of hydrogen-bond donors (Lipinski definition) is 1. The lowest BCUT2D eigenvalue weighted by molar-refractivity contribution is -0.139. The van der Waals surface area contributed by atoms with Crippen LogP contribution in [0.1, 0.15) is 6.42 Å². The van der Waals surface area contributed by atoms with Crippen LogP contribution in [0.3, 0.4) is 0 Å². The highest BCUT2D eigenvalue weighted by Crippen LogP contribution is 2.17. The van der Waals surface area contributed by atoms with Crippen LogP contribution in [-0.2, 0) is 9.53 Å². The maximum Gasteiger partial charge on any atom is 0.227 e. The second-order valence-electron chi connectivity index (χ2n) is 4.22. The van der Waals surface area contributed by atoms with Gasteiger partial charge in [0.2, 0.25) is 5.91 Å². The first-order chi connectivity index (χ1) is 7.27. The SMILES string of the molecule is C=C1CNCC(C(=O)N2CCOCC2)C1.